The van der Waals surface area contributed by atoms with Crippen LogP contribution >= 0.6 is 0 Å². The molecule has 7 aliphatic rings. The van der Waals surface area contributed by atoms with Gasteiger partial charge >= 0.3 is 0 Å². The Balaban J connectivity index is 0.000000115. The van der Waals surface area contributed by atoms with Crippen LogP contribution in [0.15, 0.2) is 208 Å². The third-order valence-corrected chi connectivity index (χ3v) is 27.6. The SMILES string of the molecule is Cc1cc(NC(=O)c2n[nH]c3ccc(-c4cncc(CN5CCCCC5)c4)cc23)cnc1N1CCC1.Cc1cc(NC(=O)c2n[nH]c3ccc(-c4cncc(CN5CCCCC5)c4)cc23)cnc1N1CCCC1.Cc1ccc(NC(=O)c2n[nH]c3ccc(-c4cncc(CN5CCCCC5)c4)cc23)cn1.O=C(Nc1ccc(N2CCC2)nc1)c1n[nH]c2ccc(-c3cncc(CN4CCCCC4)c3)cc12. The van der Waals surface area contributed by atoms with Gasteiger partial charge in [0.15, 0.2) is 22.8 Å². The van der Waals surface area contributed by atoms with E-state index in [1.807, 2.05) is 180 Å². The maximum atomic E-state index is 13.2. The third-order valence-electron chi connectivity index (χ3n) is 27.6. The summed E-state index contributed by atoms with van der Waals surface area (Å²) < 4.78 is 0. The van der Waals surface area contributed by atoms with Gasteiger partial charge in [0, 0.05) is 165 Å². The molecule has 31 nitrogen and oxygen atoms in total. The second kappa shape index (κ2) is 43.4. The van der Waals surface area contributed by atoms with Crippen LogP contribution in [0.2, 0.25) is 0 Å². The normalized spacial score (nSPS) is 15.9. The van der Waals surface area contributed by atoms with Crippen molar-refractivity contribution in [2.75, 3.05) is 128 Å². The average Bonchev–Trinajstić information content (AvgIpc) is 1.64. The van der Waals surface area contributed by atoms with Crippen LogP contribution in [0.25, 0.3) is 88.1 Å². The lowest BCUT2D eigenvalue weighted by atomic mass is 10.0. The van der Waals surface area contributed by atoms with Crippen LogP contribution in [-0.2, 0) is 26.2 Å². The van der Waals surface area contributed by atoms with Crippen molar-refractivity contribution >= 4 is 107 Å². The quantitative estimate of drug-likeness (QED) is 0.0295. The number of H-pyrrole nitrogens is 4. The lowest BCUT2D eigenvalue weighted by molar-refractivity contribution is 0.101. The van der Waals surface area contributed by atoms with E-state index >= 15 is 0 Å². The Bertz CT molecular complexity index is 7070. The molecule has 12 aromatic heterocycles. The van der Waals surface area contributed by atoms with Crippen LogP contribution in [0.3, 0.4) is 0 Å². The molecule has 0 bridgehead atoms. The number of aromatic amines is 4. The number of pyridine rings is 8. The van der Waals surface area contributed by atoms with Crippen LogP contribution in [-0.4, -0.2) is 216 Å². The van der Waals surface area contributed by atoms with E-state index in [4.69, 9.17) is 0 Å². The number of aryl methyl sites for hydroxylation is 3. The Kier molecular flexibility index (Phi) is 28.8. The Morgan fingerprint density at radius 2 is 0.550 bits per heavy atom. The van der Waals surface area contributed by atoms with Crippen LogP contribution in [0, 0.1) is 20.8 Å². The molecular weight excluding hydrogens is 1750 g/mol. The summed E-state index contributed by atoms with van der Waals surface area (Å²) in [5, 5.41) is 44.1. The van der Waals surface area contributed by atoms with E-state index in [1.165, 1.54) is 125 Å². The van der Waals surface area contributed by atoms with Crippen LogP contribution in [0.1, 0.15) is 184 Å². The van der Waals surface area contributed by atoms with Gasteiger partial charge in [0.25, 0.3) is 23.6 Å². The number of nitrogens with one attached hydrogen (secondary N) is 8. The summed E-state index contributed by atoms with van der Waals surface area (Å²) in [7, 11) is 0. The van der Waals surface area contributed by atoms with Crippen molar-refractivity contribution in [2.45, 2.75) is 150 Å². The molecule has 140 heavy (non-hydrogen) atoms. The smallest absolute Gasteiger partial charge is 0.276 e. The van der Waals surface area contributed by atoms with E-state index in [1.54, 1.807) is 24.8 Å². The van der Waals surface area contributed by atoms with Gasteiger partial charge in [-0.3, -0.25) is 84.1 Å². The number of aromatic nitrogens is 16. The van der Waals surface area contributed by atoms with Gasteiger partial charge in [0.1, 0.15) is 17.5 Å². The molecule has 0 atom stereocenters. The molecule has 31 heteroatoms. The zero-order chi connectivity index (χ0) is 95.2. The molecule has 8 N–H and O–H groups in total. The number of hydrogen-bond acceptors (Lipinski definition) is 23. The van der Waals surface area contributed by atoms with Crippen LogP contribution < -0.4 is 36.0 Å². The lowest BCUT2D eigenvalue weighted by Crippen LogP contribution is -2.38. The molecule has 0 saturated carbocycles. The first-order chi connectivity index (χ1) is 68.7. The standard InChI is InChI=1S/C29H33N7O.C28H31N7O.C27H29N7O.C25H26N6O/c1-20-13-24(18-31-28(20)36-11-5-6-12-36)32-29(37)27-25-15-22(7-8-26(25)33-34-27)23-14-21(16-30-17-23)19-35-9-3-2-4-10-35;1-19-12-23(17-30-27(19)35-10-5-11-35)31-28(36)26-24-14-21(6-7-25(24)32-33-26)22-13-20(15-29-16-22)18-34-8-3-2-4-9-34;35-27(30-22-6-8-25(29-17-22)34-11-4-12-34)26-23-14-20(5-7-24(23)31-32-26)21-13-19(15-28-16-21)18-33-9-2-1-3-10-33;1-17-5-7-21(15-27-17)28-25(32)24-22-12-19(6-8-23(22)29-30-24)20-11-18(13-26-14-20)16-31-9-3-2-4-10-31/h7-8,13-18H,2-6,9-12,19H2,1H3,(H,32,37)(H,33,34);6-7,12-17H,2-5,8-11,18H2,1H3,(H,31,36)(H,32,33);5-8,13-17H,1-4,9-12,18H2,(H,30,35)(H,31,32);5-8,11-15H,2-4,9-10,16H2,1H3,(H,28,32)(H,29,30). The number of fused-ring (bicyclic) bond motifs is 4. The van der Waals surface area contributed by atoms with E-state index in [2.05, 4.69) is 160 Å². The van der Waals surface area contributed by atoms with E-state index in [0.29, 0.717) is 45.5 Å². The van der Waals surface area contributed by atoms with Gasteiger partial charge in [-0.15, -0.1) is 0 Å². The molecule has 23 rings (SSSR count). The Morgan fingerprint density at radius 1 is 0.264 bits per heavy atom. The minimum atomic E-state index is -0.268. The second-order valence-electron chi connectivity index (χ2n) is 38.0. The summed E-state index contributed by atoms with van der Waals surface area (Å²) >= 11 is 0. The summed E-state index contributed by atoms with van der Waals surface area (Å²) in [6, 6.07) is 44.4. The number of hydrogen-bond donors (Lipinski definition) is 8. The van der Waals surface area contributed by atoms with Crippen molar-refractivity contribution in [3.63, 3.8) is 0 Å². The number of nitrogens with zero attached hydrogens (tertiary/aromatic N) is 19. The summed E-state index contributed by atoms with van der Waals surface area (Å²) in [5.41, 5.74) is 23.5. The van der Waals surface area contributed by atoms with Crippen molar-refractivity contribution in [3.05, 3.63) is 270 Å². The maximum absolute atomic E-state index is 13.2. The molecule has 0 unspecified atom stereocenters. The van der Waals surface area contributed by atoms with Gasteiger partial charge < -0.3 is 36.0 Å². The lowest BCUT2D eigenvalue weighted by Gasteiger charge is -2.33. The Hall–Kier alpha value is -14.9. The van der Waals surface area contributed by atoms with Gasteiger partial charge in [0.2, 0.25) is 0 Å². The number of carbonyl (C=O) groups excluding carboxylic acids is 4. The van der Waals surface area contributed by atoms with Crippen molar-refractivity contribution < 1.29 is 19.2 Å². The van der Waals surface area contributed by atoms with Crippen molar-refractivity contribution in [2.24, 2.45) is 0 Å². The number of amides is 4. The van der Waals surface area contributed by atoms with Crippen LogP contribution in [0.5, 0.6) is 0 Å². The molecular formula is C109H119N27O4. The van der Waals surface area contributed by atoms with E-state index in [-0.39, 0.29) is 23.6 Å². The molecule has 4 aromatic carbocycles. The Labute approximate surface area is 813 Å². The van der Waals surface area contributed by atoms with E-state index in [0.717, 1.165) is 240 Å². The second-order valence-corrected chi connectivity index (χ2v) is 38.0. The zero-order valence-electron chi connectivity index (χ0n) is 79.8. The highest BCUT2D eigenvalue weighted by Crippen LogP contribution is 2.36. The minimum absolute atomic E-state index is 0.254. The first kappa shape index (κ1) is 92.8. The van der Waals surface area contributed by atoms with E-state index in [9.17, 15) is 19.2 Å². The molecule has 7 saturated heterocycles. The minimum Gasteiger partial charge on any atom is -0.356 e. The molecule has 16 aromatic rings. The first-order valence-corrected chi connectivity index (χ1v) is 49.6. The first-order valence-electron chi connectivity index (χ1n) is 49.6. The fourth-order valence-electron chi connectivity index (χ4n) is 19.8. The predicted molar refractivity (Wildman–Crippen MR) is 552 cm³/mol. The number of piperidine rings is 4. The largest absolute Gasteiger partial charge is 0.356 e. The summed E-state index contributed by atoms with van der Waals surface area (Å²) in [5.74, 6) is 1.90. The molecule has 7 fully saturated rings. The molecule has 0 aliphatic carbocycles. The highest BCUT2D eigenvalue weighted by molar-refractivity contribution is 6.15. The van der Waals surface area contributed by atoms with Crippen molar-refractivity contribution in [1.82, 2.24) is 100 Å². The van der Waals surface area contributed by atoms with Gasteiger partial charge in [-0.1, -0.05) is 49.9 Å². The highest BCUT2D eigenvalue weighted by atomic mass is 16.2. The Morgan fingerprint density at radius 3 is 0.829 bits per heavy atom. The fourth-order valence-corrected chi connectivity index (χ4v) is 19.8. The topological polar surface area (TPSA) is 357 Å². The number of benzene rings is 4. The van der Waals surface area contributed by atoms with Gasteiger partial charge in [-0.2, -0.15) is 20.4 Å². The predicted octanol–water partition coefficient (Wildman–Crippen LogP) is 19.0. The molecule has 0 radical (unpaired) electrons. The van der Waals surface area contributed by atoms with Crippen molar-refractivity contribution in [1.29, 1.82) is 0 Å². The van der Waals surface area contributed by atoms with Gasteiger partial charge in [-0.05, 0) is 315 Å². The highest BCUT2D eigenvalue weighted by Gasteiger charge is 2.27. The van der Waals surface area contributed by atoms with Gasteiger partial charge in [0.05, 0.1) is 69.6 Å². The summed E-state index contributed by atoms with van der Waals surface area (Å²) in [6.07, 6.45) is 42.4. The monoisotopic (exact) mass is 1870 g/mol. The average molecular weight is 1870 g/mol. The summed E-state index contributed by atoms with van der Waals surface area (Å²) in [4.78, 5) is 105. The van der Waals surface area contributed by atoms with E-state index < -0.39 is 0 Å². The molecule has 4 amide bonds. The van der Waals surface area contributed by atoms with Crippen LogP contribution in [0.4, 0.5) is 40.2 Å². The number of anilines is 7. The zero-order valence-corrected chi connectivity index (χ0v) is 79.8. The molecule has 19 heterocycles. The summed E-state index contributed by atoms with van der Waals surface area (Å²) in [6.45, 7) is 25.1. The molecule has 714 valence electrons. The number of carbonyl (C=O) groups is 4. The third kappa shape index (κ3) is 22.4. The molecule has 7 aliphatic heterocycles. The number of rotatable bonds is 23. The van der Waals surface area contributed by atoms with Gasteiger partial charge in [-0.25, -0.2) is 15.0 Å². The maximum Gasteiger partial charge on any atom is 0.276 e. The fraction of sp³-hybridized carbons (Fsp3) is 0.339. The number of likely N-dealkylation sites (tertiary alicyclic amines) is 4. The van der Waals surface area contributed by atoms with Crippen molar-refractivity contribution in [3.8, 4) is 44.5 Å². The molecule has 0 spiro atoms.